The van der Waals surface area contributed by atoms with Crippen molar-refractivity contribution in [2.75, 3.05) is 34.0 Å². The molecule has 0 aromatic heterocycles. The summed E-state index contributed by atoms with van der Waals surface area (Å²) < 4.78 is 10.1. The van der Waals surface area contributed by atoms with Crippen LogP contribution < -0.4 is 5.32 Å². The third kappa shape index (κ3) is 7.30. The molecule has 0 aromatic carbocycles. The van der Waals surface area contributed by atoms with Gasteiger partial charge in [0.05, 0.1) is 6.61 Å². The van der Waals surface area contributed by atoms with Gasteiger partial charge in [0.25, 0.3) is 0 Å². The highest BCUT2D eigenvalue weighted by Crippen LogP contribution is 2.18. The van der Waals surface area contributed by atoms with Crippen LogP contribution >= 0.6 is 0 Å². The Kier molecular flexibility index (Phi) is 7.15. The van der Waals surface area contributed by atoms with E-state index in [9.17, 15) is 0 Å². The number of nitrogens with one attached hydrogen (secondary N) is 1. The van der Waals surface area contributed by atoms with Crippen LogP contribution in [0.3, 0.4) is 0 Å². The van der Waals surface area contributed by atoms with Gasteiger partial charge in [-0.15, -0.1) is 0 Å². The van der Waals surface area contributed by atoms with E-state index in [0.717, 1.165) is 26.2 Å². The van der Waals surface area contributed by atoms with Gasteiger partial charge < -0.3 is 14.8 Å². The molecule has 0 fully saturated rings. The molecule has 0 rings (SSSR count). The van der Waals surface area contributed by atoms with E-state index < -0.39 is 0 Å². The fourth-order valence-electron chi connectivity index (χ4n) is 1.23. The topological polar surface area (TPSA) is 30.5 Å². The highest BCUT2D eigenvalue weighted by Gasteiger charge is 2.17. The van der Waals surface area contributed by atoms with Crippen LogP contribution in [0.2, 0.25) is 0 Å². The summed E-state index contributed by atoms with van der Waals surface area (Å²) >= 11 is 0. The Morgan fingerprint density at radius 1 is 1.21 bits per heavy atom. The number of rotatable bonds is 8. The molecule has 0 heterocycles. The summed E-state index contributed by atoms with van der Waals surface area (Å²) in [6, 6.07) is 0.418. The van der Waals surface area contributed by atoms with Crippen LogP contribution in [0.5, 0.6) is 0 Å². The number of methoxy groups -OCH3 is 2. The molecule has 14 heavy (non-hydrogen) atoms. The summed E-state index contributed by atoms with van der Waals surface area (Å²) in [5.41, 5.74) is 0.290. The van der Waals surface area contributed by atoms with Gasteiger partial charge in [-0.05, 0) is 18.8 Å². The SMILES string of the molecule is COCCC(C)(C)CNC(C)COC. The molecule has 0 amide bonds. The third-order valence-electron chi connectivity index (χ3n) is 2.33. The molecule has 0 saturated carbocycles. The van der Waals surface area contributed by atoms with Crippen LogP contribution in [-0.2, 0) is 9.47 Å². The summed E-state index contributed by atoms with van der Waals surface area (Å²) in [6.07, 6.45) is 1.08. The lowest BCUT2D eigenvalue weighted by Gasteiger charge is -2.26. The largest absolute Gasteiger partial charge is 0.385 e. The van der Waals surface area contributed by atoms with Gasteiger partial charge in [-0.2, -0.15) is 0 Å². The van der Waals surface area contributed by atoms with E-state index in [0.29, 0.717) is 6.04 Å². The van der Waals surface area contributed by atoms with E-state index in [-0.39, 0.29) is 5.41 Å². The summed E-state index contributed by atoms with van der Waals surface area (Å²) in [4.78, 5) is 0. The summed E-state index contributed by atoms with van der Waals surface area (Å²) in [5.74, 6) is 0. The van der Waals surface area contributed by atoms with Crippen molar-refractivity contribution in [3.05, 3.63) is 0 Å². The maximum atomic E-state index is 5.08. The highest BCUT2D eigenvalue weighted by molar-refractivity contribution is 4.73. The molecule has 0 aromatic rings. The van der Waals surface area contributed by atoms with Crippen LogP contribution in [0.15, 0.2) is 0 Å². The molecular weight excluding hydrogens is 178 g/mol. The zero-order valence-corrected chi connectivity index (χ0v) is 10.2. The van der Waals surface area contributed by atoms with E-state index in [1.54, 1.807) is 14.2 Å². The average molecular weight is 203 g/mol. The molecule has 1 atom stereocenters. The van der Waals surface area contributed by atoms with Gasteiger partial charge in [-0.1, -0.05) is 13.8 Å². The minimum Gasteiger partial charge on any atom is -0.385 e. The van der Waals surface area contributed by atoms with Crippen molar-refractivity contribution < 1.29 is 9.47 Å². The van der Waals surface area contributed by atoms with Crippen molar-refractivity contribution in [2.24, 2.45) is 5.41 Å². The van der Waals surface area contributed by atoms with E-state index >= 15 is 0 Å². The van der Waals surface area contributed by atoms with Crippen LogP contribution in [0.25, 0.3) is 0 Å². The molecule has 0 aliphatic carbocycles. The van der Waals surface area contributed by atoms with Crippen molar-refractivity contribution in [2.45, 2.75) is 33.2 Å². The Morgan fingerprint density at radius 3 is 2.36 bits per heavy atom. The van der Waals surface area contributed by atoms with Crippen molar-refractivity contribution in [1.29, 1.82) is 0 Å². The summed E-state index contributed by atoms with van der Waals surface area (Å²) in [5, 5.41) is 3.45. The Morgan fingerprint density at radius 2 is 1.86 bits per heavy atom. The van der Waals surface area contributed by atoms with Gasteiger partial charge >= 0.3 is 0 Å². The minimum atomic E-state index is 0.290. The molecule has 3 nitrogen and oxygen atoms in total. The lowest BCUT2D eigenvalue weighted by molar-refractivity contribution is 0.138. The Labute approximate surface area is 88.2 Å². The van der Waals surface area contributed by atoms with Gasteiger partial charge in [0.1, 0.15) is 0 Å². The fraction of sp³-hybridized carbons (Fsp3) is 1.00. The monoisotopic (exact) mass is 203 g/mol. The first-order valence-electron chi connectivity index (χ1n) is 5.23. The van der Waals surface area contributed by atoms with Gasteiger partial charge in [-0.25, -0.2) is 0 Å². The fourth-order valence-corrected chi connectivity index (χ4v) is 1.23. The quantitative estimate of drug-likeness (QED) is 0.651. The standard InChI is InChI=1S/C11H25NO2/c1-10(8-14-5)12-9-11(2,3)6-7-13-4/h10,12H,6-9H2,1-5H3. The van der Waals surface area contributed by atoms with Crippen LogP contribution in [0.1, 0.15) is 27.2 Å². The van der Waals surface area contributed by atoms with Crippen LogP contribution in [0, 0.1) is 5.41 Å². The van der Waals surface area contributed by atoms with Gasteiger partial charge in [0.15, 0.2) is 0 Å². The smallest absolute Gasteiger partial charge is 0.0613 e. The zero-order chi connectivity index (χ0) is 11.0. The molecule has 0 bridgehead atoms. The Bertz CT molecular complexity index is 137. The Hall–Kier alpha value is -0.120. The molecule has 1 unspecified atom stereocenters. The molecule has 0 aliphatic rings. The Balaban J connectivity index is 3.63. The summed E-state index contributed by atoms with van der Waals surface area (Å²) in [7, 11) is 3.48. The second-order valence-electron chi connectivity index (χ2n) is 4.64. The maximum Gasteiger partial charge on any atom is 0.0613 e. The lowest BCUT2D eigenvalue weighted by Crippen LogP contribution is -2.38. The molecule has 86 valence electrons. The lowest BCUT2D eigenvalue weighted by atomic mass is 9.89. The number of hydrogen-bond acceptors (Lipinski definition) is 3. The van der Waals surface area contributed by atoms with Crippen molar-refractivity contribution in [1.82, 2.24) is 5.32 Å². The van der Waals surface area contributed by atoms with Crippen molar-refractivity contribution >= 4 is 0 Å². The van der Waals surface area contributed by atoms with Crippen LogP contribution in [0.4, 0.5) is 0 Å². The molecule has 0 aliphatic heterocycles. The minimum absolute atomic E-state index is 0.290. The van der Waals surface area contributed by atoms with Gasteiger partial charge in [-0.3, -0.25) is 0 Å². The number of hydrogen-bond donors (Lipinski definition) is 1. The first-order valence-corrected chi connectivity index (χ1v) is 5.23. The summed E-state index contributed by atoms with van der Waals surface area (Å²) in [6.45, 7) is 9.22. The second kappa shape index (κ2) is 7.21. The van der Waals surface area contributed by atoms with E-state index in [4.69, 9.17) is 9.47 Å². The van der Waals surface area contributed by atoms with Gasteiger partial charge in [0.2, 0.25) is 0 Å². The molecule has 3 heteroatoms. The normalized spacial score (nSPS) is 14.4. The van der Waals surface area contributed by atoms with E-state index in [1.807, 2.05) is 0 Å². The number of ether oxygens (including phenoxy) is 2. The predicted octanol–water partition coefficient (Wildman–Crippen LogP) is 1.67. The average Bonchev–Trinajstić information content (AvgIpc) is 2.13. The van der Waals surface area contributed by atoms with Crippen LogP contribution in [-0.4, -0.2) is 40.0 Å². The maximum absolute atomic E-state index is 5.08. The molecule has 0 saturated heterocycles. The first kappa shape index (κ1) is 13.9. The van der Waals surface area contributed by atoms with Crippen molar-refractivity contribution in [3.8, 4) is 0 Å². The zero-order valence-electron chi connectivity index (χ0n) is 10.2. The van der Waals surface area contributed by atoms with Gasteiger partial charge in [0, 0.05) is 33.4 Å². The highest BCUT2D eigenvalue weighted by atomic mass is 16.5. The molecular formula is C11H25NO2. The van der Waals surface area contributed by atoms with E-state index in [2.05, 4.69) is 26.1 Å². The van der Waals surface area contributed by atoms with E-state index in [1.165, 1.54) is 0 Å². The first-order chi connectivity index (χ1) is 6.52. The molecule has 1 N–H and O–H groups in total. The van der Waals surface area contributed by atoms with Crippen molar-refractivity contribution in [3.63, 3.8) is 0 Å². The predicted molar refractivity (Wildman–Crippen MR) is 59.6 cm³/mol. The molecule has 0 radical (unpaired) electrons. The third-order valence-corrected chi connectivity index (χ3v) is 2.33. The second-order valence-corrected chi connectivity index (χ2v) is 4.64. The molecule has 0 spiro atoms.